The Kier molecular flexibility index (Phi) is 6.83. The minimum atomic E-state index is -1.20. The lowest BCUT2D eigenvalue weighted by molar-refractivity contribution is -0.137. The maximum atomic E-state index is 14.4. The normalized spacial score (nSPS) is 10.8. The van der Waals surface area contributed by atoms with E-state index in [0.717, 1.165) is 12.1 Å². The number of methoxy groups -OCH3 is 1. The SMILES string of the molecule is COCCOc1c(F)cc2cc(C(=O)NCCCC(=O)O)c(=O)oc2c1F. The number of ether oxygens (including phenoxy) is 2. The predicted octanol–water partition coefficient (Wildman–Crippen LogP) is 1.69. The van der Waals surface area contributed by atoms with E-state index in [1.165, 1.54) is 7.11 Å². The van der Waals surface area contributed by atoms with Crippen LogP contribution in [0.1, 0.15) is 23.2 Å². The highest BCUT2D eigenvalue weighted by Gasteiger charge is 2.21. The van der Waals surface area contributed by atoms with Gasteiger partial charge in [-0.1, -0.05) is 0 Å². The first-order chi connectivity index (χ1) is 12.8. The molecule has 10 heteroatoms. The smallest absolute Gasteiger partial charge is 0.349 e. The average Bonchev–Trinajstić information content (AvgIpc) is 2.61. The number of fused-ring (bicyclic) bond motifs is 1. The van der Waals surface area contributed by atoms with Crippen molar-refractivity contribution in [3.63, 3.8) is 0 Å². The van der Waals surface area contributed by atoms with Gasteiger partial charge in [-0.15, -0.1) is 0 Å². The molecule has 0 saturated carbocycles. The lowest BCUT2D eigenvalue weighted by Crippen LogP contribution is -2.29. The molecule has 2 N–H and O–H groups in total. The lowest BCUT2D eigenvalue weighted by Gasteiger charge is -2.10. The lowest BCUT2D eigenvalue weighted by atomic mass is 10.1. The van der Waals surface area contributed by atoms with Crippen LogP contribution in [0.3, 0.4) is 0 Å². The Morgan fingerprint density at radius 1 is 1.26 bits per heavy atom. The molecule has 0 bridgehead atoms. The molecule has 8 nitrogen and oxygen atoms in total. The molecular formula is C17H17F2NO7. The van der Waals surface area contributed by atoms with E-state index in [1.807, 2.05) is 0 Å². The fourth-order valence-corrected chi connectivity index (χ4v) is 2.23. The van der Waals surface area contributed by atoms with Crippen molar-refractivity contribution in [2.24, 2.45) is 0 Å². The third-order valence-electron chi connectivity index (χ3n) is 3.51. The molecule has 2 aromatic rings. The molecule has 0 fully saturated rings. The standard InChI is InChI=1S/C17H17F2NO7/c1-25-5-6-26-15-11(18)8-9-7-10(17(24)27-14(9)13(15)19)16(23)20-4-2-3-12(21)22/h7-8H,2-6H2,1H3,(H,20,23)(H,21,22). The van der Waals surface area contributed by atoms with Crippen molar-refractivity contribution in [1.29, 1.82) is 0 Å². The van der Waals surface area contributed by atoms with E-state index in [0.29, 0.717) is 0 Å². The largest absolute Gasteiger partial charge is 0.485 e. The highest BCUT2D eigenvalue weighted by atomic mass is 19.1. The van der Waals surface area contributed by atoms with Crippen molar-refractivity contribution in [2.75, 3.05) is 26.9 Å². The number of carboxylic acid groups (broad SMARTS) is 1. The van der Waals surface area contributed by atoms with E-state index in [4.69, 9.17) is 19.0 Å². The number of aliphatic carboxylic acids is 1. The summed E-state index contributed by atoms with van der Waals surface area (Å²) in [6.45, 7) is -0.00360. The van der Waals surface area contributed by atoms with Crippen molar-refractivity contribution in [3.05, 3.63) is 39.8 Å². The van der Waals surface area contributed by atoms with Crippen molar-refractivity contribution >= 4 is 22.8 Å². The summed E-state index contributed by atoms with van der Waals surface area (Å²) in [6, 6.07) is 1.88. The first-order valence-corrected chi connectivity index (χ1v) is 7.92. The van der Waals surface area contributed by atoms with E-state index in [9.17, 15) is 23.2 Å². The Morgan fingerprint density at radius 3 is 2.67 bits per heavy atom. The van der Waals surface area contributed by atoms with Gasteiger partial charge in [0.05, 0.1) is 6.61 Å². The third kappa shape index (κ3) is 5.00. The summed E-state index contributed by atoms with van der Waals surface area (Å²) in [7, 11) is 1.39. The maximum absolute atomic E-state index is 14.4. The van der Waals surface area contributed by atoms with Crippen LogP contribution in [0, 0.1) is 11.6 Å². The number of carboxylic acids is 1. The summed E-state index contributed by atoms with van der Waals surface area (Å²) in [5.41, 5.74) is -2.12. The molecule has 0 saturated heterocycles. The number of halogens is 2. The molecule has 0 spiro atoms. The fraction of sp³-hybridized carbons (Fsp3) is 0.353. The zero-order valence-corrected chi connectivity index (χ0v) is 14.3. The highest BCUT2D eigenvalue weighted by Crippen LogP contribution is 2.29. The summed E-state index contributed by atoms with van der Waals surface area (Å²) in [6.07, 6.45) is 0.000293. The third-order valence-corrected chi connectivity index (χ3v) is 3.51. The summed E-state index contributed by atoms with van der Waals surface area (Å²) < 4.78 is 43.0. The van der Waals surface area contributed by atoms with Crippen LogP contribution in [0.2, 0.25) is 0 Å². The average molecular weight is 385 g/mol. The number of rotatable bonds is 9. The van der Waals surface area contributed by atoms with E-state index >= 15 is 0 Å². The Morgan fingerprint density at radius 2 is 2.00 bits per heavy atom. The van der Waals surface area contributed by atoms with E-state index in [-0.39, 0.29) is 38.0 Å². The van der Waals surface area contributed by atoms with Crippen LogP contribution in [-0.2, 0) is 9.53 Å². The Hall–Kier alpha value is -3.01. The Balaban J connectivity index is 2.27. The number of benzene rings is 1. The zero-order chi connectivity index (χ0) is 20.0. The molecule has 1 heterocycles. The van der Waals surface area contributed by atoms with Crippen molar-refractivity contribution in [1.82, 2.24) is 5.32 Å². The Bertz CT molecular complexity index is 910. The fourth-order valence-electron chi connectivity index (χ4n) is 2.23. The second-order valence-electron chi connectivity index (χ2n) is 5.46. The molecule has 146 valence electrons. The number of hydrogen-bond acceptors (Lipinski definition) is 6. The van der Waals surface area contributed by atoms with E-state index < -0.39 is 46.0 Å². The zero-order valence-electron chi connectivity index (χ0n) is 14.3. The minimum Gasteiger partial charge on any atom is -0.485 e. The highest BCUT2D eigenvalue weighted by molar-refractivity contribution is 5.96. The summed E-state index contributed by atoms with van der Waals surface area (Å²) in [5, 5.41) is 10.7. The van der Waals surface area contributed by atoms with Gasteiger partial charge < -0.3 is 24.3 Å². The number of nitrogens with one attached hydrogen (secondary N) is 1. The second-order valence-corrected chi connectivity index (χ2v) is 5.46. The van der Waals surface area contributed by atoms with E-state index in [2.05, 4.69) is 5.32 Å². The first kappa shape index (κ1) is 20.3. The van der Waals surface area contributed by atoms with Gasteiger partial charge in [-0.25, -0.2) is 9.18 Å². The number of hydrogen-bond donors (Lipinski definition) is 2. The van der Waals surface area contributed by atoms with Crippen LogP contribution < -0.4 is 15.7 Å². The van der Waals surface area contributed by atoms with Gasteiger partial charge in [0.25, 0.3) is 5.91 Å². The van der Waals surface area contributed by atoms with Crippen molar-refractivity contribution in [3.8, 4) is 5.75 Å². The second kappa shape index (κ2) is 9.08. The van der Waals surface area contributed by atoms with Crippen LogP contribution in [0.25, 0.3) is 11.0 Å². The van der Waals surface area contributed by atoms with Crippen LogP contribution >= 0.6 is 0 Å². The van der Waals surface area contributed by atoms with Crippen LogP contribution in [0.5, 0.6) is 5.75 Å². The van der Waals surface area contributed by atoms with E-state index in [1.54, 1.807) is 0 Å². The van der Waals surface area contributed by atoms with Crippen molar-refractivity contribution < 1.29 is 37.4 Å². The molecule has 0 unspecified atom stereocenters. The summed E-state index contributed by atoms with van der Waals surface area (Å²) in [5.74, 6) is -4.81. The predicted molar refractivity (Wildman–Crippen MR) is 89.0 cm³/mol. The van der Waals surface area contributed by atoms with Gasteiger partial charge in [-0.05, 0) is 18.6 Å². The maximum Gasteiger partial charge on any atom is 0.349 e. The van der Waals surface area contributed by atoms with Crippen LogP contribution in [-0.4, -0.2) is 43.9 Å². The molecule has 1 aromatic heterocycles. The van der Waals surface area contributed by atoms with Crippen LogP contribution in [0.15, 0.2) is 21.3 Å². The summed E-state index contributed by atoms with van der Waals surface area (Å²) in [4.78, 5) is 34.4. The molecule has 1 aromatic carbocycles. The van der Waals surface area contributed by atoms with Crippen LogP contribution in [0.4, 0.5) is 8.78 Å². The van der Waals surface area contributed by atoms with Gasteiger partial charge in [-0.3, -0.25) is 9.59 Å². The molecule has 0 aliphatic carbocycles. The first-order valence-electron chi connectivity index (χ1n) is 7.92. The topological polar surface area (TPSA) is 115 Å². The molecule has 27 heavy (non-hydrogen) atoms. The van der Waals surface area contributed by atoms with Gasteiger partial charge in [0.2, 0.25) is 5.82 Å². The molecular weight excluding hydrogens is 368 g/mol. The van der Waals surface area contributed by atoms with Gasteiger partial charge in [0.1, 0.15) is 12.2 Å². The molecule has 0 aliphatic heterocycles. The van der Waals surface area contributed by atoms with Gasteiger partial charge in [0, 0.05) is 25.5 Å². The molecule has 2 rings (SSSR count). The number of amides is 1. The molecule has 0 radical (unpaired) electrons. The number of carbonyl (C=O) groups is 2. The molecule has 0 aliphatic rings. The van der Waals surface area contributed by atoms with Gasteiger partial charge >= 0.3 is 11.6 Å². The minimum absolute atomic E-state index is 0.0115. The van der Waals surface area contributed by atoms with Crippen molar-refractivity contribution in [2.45, 2.75) is 12.8 Å². The number of carbonyl (C=O) groups excluding carboxylic acids is 1. The summed E-state index contributed by atoms with van der Waals surface area (Å²) >= 11 is 0. The van der Waals surface area contributed by atoms with Gasteiger partial charge in [0.15, 0.2) is 17.1 Å². The monoisotopic (exact) mass is 385 g/mol. The quantitative estimate of drug-likeness (QED) is 0.499. The molecule has 1 amide bonds. The molecule has 0 atom stereocenters. The Labute approximate surface area is 151 Å². The van der Waals surface area contributed by atoms with Gasteiger partial charge in [-0.2, -0.15) is 4.39 Å².